The molecule has 0 bridgehead atoms. The predicted molar refractivity (Wildman–Crippen MR) is 107 cm³/mol. The van der Waals surface area contributed by atoms with Gasteiger partial charge in [-0.1, -0.05) is 42.5 Å². The maximum Gasteiger partial charge on any atom is 0.306 e. The molecule has 0 atom stereocenters. The van der Waals surface area contributed by atoms with E-state index in [1.807, 2.05) is 55.5 Å². The fourth-order valence-electron chi connectivity index (χ4n) is 2.07. The molecule has 0 aromatic heterocycles. The van der Waals surface area contributed by atoms with E-state index in [1.165, 1.54) is 9.13 Å². The highest BCUT2D eigenvalue weighted by Crippen LogP contribution is 2.09. The van der Waals surface area contributed by atoms with Crippen LogP contribution in [-0.4, -0.2) is 23.7 Å². The molecule has 0 amide bonds. The first-order valence-corrected chi connectivity index (χ1v) is 9.25. The van der Waals surface area contributed by atoms with E-state index in [1.54, 1.807) is 0 Å². The number of ether oxygens (including phenoxy) is 1. The Bertz CT molecular complexity index is 656. The van der Waals surface area contributed by atoms with Crippen molar-refractivity contribution in [3.63, 3.8) is 0 Å². The molecule has 0 unspecified atom stereocenters. The third-order valence-electron chi connectivity index (χ3n) is 3.28. The molecule has 0 aliphatic rings. The van der Waals surface area contributed by atoms with Crippen LogP contribution in [0.1, 0.15) is 30.9 Å². The van der Waals surface area contributed by atoms with E-state index >= 15 is 0 Å². The van der Waals surface area contributed by atoms with E-state index in [0.29, 0.717) is 19.4 Å². The molecule has 25 heavy (non-hydrogen) atoms. The van der Waals surface area contributed by atoms with Gasteiger partial charge in [0.25, 0.3) is 0 Å². The lowest BCUT2D eigenvalue weighted by Crippen LogP contribution is -2.05. The number of hydrogen-bond donors (Lipinski definition) is 1. The number of benzene rings is 2. The van der Waals surface area contributed by atoms with Crippen molar-refractivity contribution in [2.45, 2.75) is 32.6 Å². The van der Waals surface area contributed by atoms with E-state index in [-0.39, 0.29) is 12.4 Å². The van der Waals surface area contributed by atoms with Gasteiger partial charge in [-0.2, -0.15) is 0 Å². The molecule has 1 N–H and O–H groups in total. The van der Waals surface area contributed by atoms with Gasteiger partial charge in [0, 0.05) is 16.4 Å². The summed E-state index contributed by atoms with van der Waals surface area (Å²) in [6.45, 7) is 2.29. The second kappa shape index (κ2) is 12.5. The Morgan fingerprint density at radius 3 is 2.20 bits per heavy atom. The van der Waals surface area contributed by atoms with Crippen LogP contribution in [0.3, 0.4) is 0 Å². The van der Waals surface area contributed by atoms with Gasteiger partial charge in [0.1, 0.15) is 0 Å². The highest BCUT2D eigenvalue weighted by atomic mass is 127. The van der Waals surface area contributed by atoms with Gasteiger partial charge in [-0.05, 0) is 65.6 Å². The van der Waals surface area contributed by atoms with Crippen LogP contribution in [0.15, 0.2) is 54.6 Å². The molecule has 134 valence electrons. The molecule has 4 nitrogen and oxygen atoms in total. The summed E-state index contributed by atoms with van der Waals surface area (Å²) in [7, 11) is 0. The summed E-state index contributed by atoms with van der Waals surface area (Å²) in [5, 5.41) is 8.37. The van der Waals surface area contributed by atoms with E-state index < -0.39 is 5.97 Å². The first-order valence-electron chi connectivity index (χ1n) is 8.17. The number of hydrogen-bond acceptors (Lipinski definition) is 3. The lowest BCUT2D eigenvalue weighted by Gasteiger charge is -2.02. The topological polar surface area (TPSA) is 63.6 Å². The molecule has 0 radical (unpaired) electrons. The van der Waals surface area contributed by atoms with Crippen molar-refractivity contribution in [2.75, 3.05) is 6.61 Å². The first kappa shape index (κ1) is 21.2. The van der Waals surface area contributed by atoms with Gasteiger partial charge in [-0.15, -0.1) is 0 Å². The Hall–Kier alpha value is -1.89. The van der Waals surface area contributed by atoms with Gasteiger partial charge < -0.3 is 9.84 Å². The van der Waals surface area contributed by atoms with Gasteiger partial charge >= 0.3 is 11.9 Å². The quantitative estimate of drug-likeness (QED) is 0.495. The summed E-state index contributed by atoms with van der Waals surface area (Å²) < 4.78 is 6.05. The fourth-order valence-corrected chi connectivity index (χ4v) is 2.68. The second-order valence-electron chi connectivity index (χ2n) is 5.31. The number of carboxylic acid groups (broad SMARTS) is 1. The number of carbonyl (C=O) groups excluding carboxylic acids is 1. The SMILES string of the molecule is CCOC(=O)CCc1cccc(I)c1.O=C(O)CCc1ccccc1. The van der Waals surface area contributed by atoms with Crippen LogP contribution in [0.25, 0.3) is 0 Å². The zero-order valence-corrected chi connectivity index (χ0v) is 16.4. The molecule has 0 saturated carbocycles. The Labute approximate surface area is 162 Å². The van der Waals surface area contributed by atoms with E-state index in [4.69, 9.17) is 9.84 Å². The molecule has 5 heteroatoms. The Kier molecular flexibility index (Phi) is 10.6. The largest absolute Gasteiger partial charge is 0.481 e. The standard InChI is InChI=1S/C11H13IO2.C9H10O2/c1-2-14-11(13)7-6-9-4-3-5-10(12)8-9;10-9(11)7-6-8-4-2-1-3-5-8/h3-5,8H,2,6-7H2,1H3;1-5H,6-7H2,(H,10,11). The van der Waals surface area contributed by atoms with Crippen molar-refractivity contribution in [3.05, 3.63) is 69.3 Å². The van der Waals surface area contributed by atoms with Crippen molar-refractivity contribution in [3.8, 4) is 0 Å². The highest BCUT2D eigenvalue weighted by Gasteiger charge is 2.02. The van der Waals surface area contributed by atoms with Gasteiger partial charge in [0.05, 0.1) is 6.61 Å². The van der Waals surface area contributed by atoms with E-state index in [9.17, 15) is 9.59 Å². The minimum Gasteiger partial charge on any atom is -0.481 e. The van der Waals surface area contributed by atoms with Crippen LogP contribution in [-0.2, 0) is 27.2 Å². The molecule has 0 heterocycles. The van der Waals surface area contributed by atoms with Crippen LogP contribution < -0.4 is 0 Å². The summed E-state index contributed by atoms with van der Waals surface area (Å²) in [4.78, 5) is 21.2. The number of carboxylic acids is 1. The molecular formula is C20H23IO4. The maximum atomic E-state index is 11.1. The molecule has 2 aromatic rings. The van der Waals surface area contributed by atoms with Gasteiger partial charge in [-0.25, -0.2) is 0 Å². The predicted octanol–water partition coefficient (Wildman–Crippen LogP) is 4.49. The Morgan fingerprint density at radius 2 is 1.60 bits per heavy atom. The highest BCUT2D eigenvalue weighted by molar-refractivity contribution is 14.1. The number of aliphatic carboxylic acids is 1. The summed E-state index contributed by atoms with van der Waals surface area (Å²) in [5.41, 5.74) is 2.26. The molecule has 0 fully saturated rings. The van der Waals surface area contributed by atoms with Gasteiger partial charge in [0.2, 0.25) is 0 Å². The zero-order chi connectivity index (χ0) is 18.5. The molecule has 0 aliphatic heterocycles. The third-order valence-corrected chi connectivity index (χ3v) is 3.95. The summed E-state index contributed by atoms with van der Waals surface area (Å²) >= 11 is 2.26. The lowest BCUT2D eigenvalue weighted by molar-refractivity contribution is -0.143. The fraction of sp³-hybridized carbons (Fsp3) is 0.300. The van der Waals surface area contributed by atoms with Crippen LogP contribution in [0.5, 0.6) is 0 Å². The van der Waals surface area contributed by atoms with Gasteiger partial charge in [0.15, 0.2) is 0 Å². The summed E-state index contributed by atoms with van der Waals surface area (Å²) in [6.07, 6.45) is 2.06. The third kappa shape index (κ3) is 10.6. The minimum absolute atomic E-state index is 0.119. The maximum absolute atomic E-state index is 11.1. The average Bonchev–Trinajstić information content (AvgIpc) is 2.60. The molecule has 0 saturated heterocycles. The van der Waals surface area contributed by atoms with Crippen LogP contribution in [0.4, 0.5) is 0 Å². The summed E-state index contributed by atoms with van der Waals surface area (Å²) in [5.74, 6) is -0.861. The molecule has 2 rings (SSSR count). The monoisotopic (exact) mass is 454 g/mol. The van der Waals surface area contributed by atoms with Gasteiger partial charge in [-0.3, -0.25) is 9.59 Å². The Balaban J connectivity index is 0.000000257. The minimum atomic E-state index is -0.742. The number of esters is 1. The van der Waals surface area contributed by atoms with Crippen molar-refractivity contribution in [1.82, 2.24) is 0 Å². The number of carbonyl (C=O) groups is 2. The van der Waals surface area contributed by atoms with Crippen molar-refractivity contribution < 1.29 is 19.4 Å². The molecule has 0 spiro atoms. The normalized spacial score (nSPS) is 9.68. The van der Waals surface area contributed by atoms with E-state index in [0.717, 1.165) is 12.0 Å². The van der Waals surface area contributed by atoms with Crippen molar-refractivity contribution >= 4 is 34.5 Å². The molecule has 2 aromatic carbocycles. The molecular weight excluding hydrogens is 431 g/mol. The Morgan fingerprint density at radius 1 is 0.960 bits per heavy atom. The van der Waals surface area contributed by atoms with Crippen molar-refractivity contribution in [2.24, 2.45) is 0 Å². The zero-order valence-electron chi connectivity index (χ0n) is 14.3. The first-order chi connectivity index (χ1) is 12.0. The smallest absolute Gasteiger partial charge is 0.306 e. The van der Waals surface area contributed by atoms with Crippen LogP contribution >= 0.6 is 22.6 Å². The summed E-state index contributed by atoms with van der Waals surface area (Å²) in [6, 6.07) is 17.8. The van der Waals surface area contributed by atoms with Crippen LogP contribution in [0, 0.1) is 3.57 Å². The number of aryl methyl sites for hydroxylation is 2. The molecule has 0 aliphatic carbocycles. The number of rotatable bonds is 7. The van der Waals surface area contributed by atoms with Crippen molar-refractivity contribution in [1.29, 1.82) is 0 Å². The van der Waals surface area contributed by atoms with Crippen LogP contribution in [0.2, 0.25) is 0 Å². The average molecular weight is 454 g/mol. The van der Waals surface area contributed by atoms with E-state index in [2.05, 4.69) is 28.7 Å². The number of halogens is 1. The second-order valence-corrected chi connectivity index (χ2v) is 6.56. The lowest BCUT2D eigenvalue weighted by atomic mass is 10.1.